The highest BCUT2D eigenvalue weighted by molar-refractivity contribution is 14.0. The first-order chi connectivity index (χ1) is 9.56. The number of methoxy groups -OCH3 is 1. The summed E-state index contributed by atoms with van der Waals surface area (Å²) in [6.07, 6.45) is 0. The topological polar surface area (TPSA) is 68.9 Å². The van der Waals surface area contributed by atoms with Crippen molar-refractivity contribution in [2.75, 3.05) is 20.3 Å². The molecule has 0 spiro atoms. The number of hydrogen-bond donors (Lipinski definition) is 2. The Morgan fingerprint density at radius 2 is 2.05 bits per heavy atom. The number of ether oxygens (including phenoxy) is 2. The molecule has 1 aromatic rings. The average Bonchev–Trinajstić information content (AvgIpc) is 2.43. The molecule has 0 saturated carbocycles. The van der Waals surface area contributed by atoms with Crippen LogP contribution in [0.1, 0.15) is 26.3 Å². The van der Waals surface area contributed by atoms with E-state index in [0.29, 0.717) is 25.0 Å². The first-order valence-electron chi connectivity index (χ1n) is 6.90. The predicted octanol–water partition coefficient (Wildman–Crippen LogP) is 2.77. The summed E-state index contributed by atoms with van der Waals surface area (Å²) in [6.45, 7) is 8.12. The molecule has 0 amide bonds. The molecule has 1 rings (SSSR count). The fourth-order valence-corrected chi connectivity index (χ4v) is 1.63. The molecule has 0 unspecified atom stereocenters. The van der Waals surface area contributed by atoms with E-state index in [9.17, 15) is 0 Å². The Morgan fingerprint density at radius 1 is 1.33 bits per heavy atom. The number of guanidine groups is 1. The highest BCUT2D eigenvalue weighted by Gasteiger charge is 2.05. The number of nitrogens with one attached hydrogen (secondary N) is 1. The summed E-state index contributed by atoms with van der Waals surface area (Å²) in [6, 6.07) is 5.77. The number of nitrogens with zero attached hydrogens (tertiary/aromatic N) is 1. The third-order valence-corrected chi connectivity index (χ3v) is 2.65. The van der Waals surface area contributed by atoms with Crippen LogP contribution < -0.4 is 20.5 Å². The zero-order chi connectivity index (χ0) is 15.0. The Kier molecular flexibility index (Phi) is 9.94. The minimum absolute atomic E-state index is 0. The monoisotopic (exact) mass is 407 g/mol. The van der Waals surface area contributed by atoms with Gasteiger partial charge in [0.2, 0.25) is 0 Å². The van der Waals surface area contributed by atoms with Gasteiger partial charge in [0.25, 0.3) is 0 Å². The second-order valence-corrected chi connectivity index (χ2v) is 4.89. The van der Waals surface area contributed by atoms with E-state index in [2.05, 4.69) is 24.2 Å². The molecule has 0 aromatic heterocycles. The smallest absolute Gasteiger partial charge is 0.188 e. The van der Waals surface area contributed by atoms with Crippen molar-refractivity contribution in [2.24, 2.45) is 16.6 Å². The lowest BCUT2D eigenvalue weighted by Crippen LogP contribution is -2.34. The fourth-order valence-electron chi connectivity index (χ4n) is 1.63. The molecule has 6 heteroatoms. The standard InChI is InChI=1S/C15H25N3O2.HI/c1-5-20-14-8-12(6-7-13(14)19-4)10-18-15(16)17-9-11(2)3;/h6-8,11H,5,9-10H2,1-4H3,(H3,16,17,18);1H. The Bertz CT molecular complexity index is 451. The van der Waals surface area contributed by atoms with Gasteiger partial charge in [-0.15, -0.1) is 24.0 Å². The Hall–Kier alpha value is -1.18. The molecular weight excluding hydrogens is 381 g/mol. The van der Waals surface area contributed by atoms with Crippen molar-refractivity contribution in [2.45, 2.75) is 27.3 Å². The van der Waals surface area contributed by atoms with Crippen molar-refractivity contribution in [3.8, 4) is 11.5 Å². The van der Waals surface area contributed by atoms with Crippen molar-refractivity contribution in [1.82, 2.24) is 5.32 Å². The molecule has 0 bridgehead atoms. The van der Waals surface area contributed by atoms with Gasteiger partial charge in [0.15, 0.2) is 17.5 Å². The normalized spacial score (nSPS) is 11.0. The summed E-state index contributed by atoms with van der Waals surface area (Å²) in [5, 5.41) is 3.09. The van der Waals surface area contributed by atoms with Gasteiger partial charge < -0.3 is 20.5 Å². The first-order valence-corrected chi connectivity index (χ1v) is 6.90. The molecule has 0 fully saturated rings. The largest absolute Gasteiger partial charge is 0.493 e. The summed E-state index contributed by atoms with van der Waals surface area (Å²) in [4.78, 5) is 4.31. The van der Waals surface area contributed by atoms with Gasteiger partial charge in [-0.3, -0.25) is 0 Å². The molecule has 0 aliphatic rings. The van der Waals surface area contributed by atoms with E-state index in [4.69, 9.17) is 15.2 Å². The van der Waals surface area contributed by atoms with Crippen molar-refractivity contribution in [1.29, 1.82) is 0 Å². The predicted molar refractivity (Wildman–Crippen MR) is 97.7 cm³/mol. The number of benzene rings is 1. The van der Waals surface area contributed by atoms with Crippen LogP contribution in [-0.2, 0) is 6.54 Å². The number of nitrogens with two attached hydrogens (primary N) is 1. The van der Waals surface area contributed by atoms with E-state index in [-0.39, 0.29) is 24.0 Å². The SMILES string of the molecule is CCOc1cc(CN=C(N)NCC(C)C)ccc1OC.I. The summed E-state index contributed by atoms with van der Waals surface area (Å²) in [7, 11) is 1.63. The molecule has 0 aliphatic carbocycles. The van der Waals surface area contributed by atoms with Crippen molar-refractivity contribution in [3.05, 3.63) is 23.8 Å². The van der Waals surface area contributed by atoms with Crippen LogP contribution in [0.25, 0.3) is 0 Å². The van der Waals surface area contributed by atoms with E-state index in [0.717, 1.165) is 23.6 Å². The van der Waals surface area contributed by atoms with E-state index in [1.807, 2.05) is 25.1 Å². The summed E-state index contributed by atoms with van der Waals surface area (Å²) in [5.74, 6) is 2.46. The number of hydrogen-bond acceptors (Lipinski definition) is 3. The number of rotatable bonds is 7. The Labute approximate surface area is 144 Å². The summed E-state index contributed by atoms with van der Waals surface area (Å²) in [5.41, 5.74) is 6.84. The maximum atomic E-state index is 5.81. The summed E-state index contributed by atoms with van der Waals surface area (Å²) >= 11 is 0. The van der Waals surface area contributed by atoms with E-state index in [1.54, 1.807) is 7.11 Å². The Morgan fingerprint density at radius 3 is 2.62 bits per heavy atom. The molecule has 0 heterocycles. The van der Waals surface area contributed by atoms with Gasteiger partial charge in [-0.1, -0.05) is 19.9 Å². The third-order valence-electron chi connectivity index (χ3n) is 2.65. The van der Waals surface area contributed by atoms with Gasteiger partial charge in [-0.05, 0) is 30.5 Å². The van der Waals surface area contributed by atoms with Crippen LogP contribution in [0.15, 0.2) is 23.2 Å². The van der Waals surface area contributed by atoms with Crippen LogP contribution >= 0.6 is 24.0 Å². The van der Waals surface area contributed by atoms with E-state index in [1.165, 1.54) is 0 Å². The molecule has 3 N–H and O–H groups in total. The van der Waals surface area contributed by atoms with Gasteiger partial charge >= 0.3 is 0 Å². The lowest BCUT2D eigenvalue weighted by atomic mass is 10.2. The second-order valence-electron chi connectivity index (χ2n) is 4.89. The van der Waals surface area contributed by atoms with E-state index >= 15 is 0 Å². The molecule has 120 valence electrons. The first kappa shape index (κ1) is 19.8. The minimum Gasteiger partial charge on any atom is -0.493 e. The average molecular weight is 407 g/mol. The number of halogens is 1. The van der Waals surface area contributed by atoms with Crippen molar-refractivity contribution >= 4 is 29.9 Å². The molecule has 21 heavy (non-hydrogen) atoms. The molecular formula is C15H26IN3O2. The van der Waals surface area contributed by atoms with Crippen LogP contribution in [0.2, 0.25) is 0 Å². The van der Waals surface area contributed by atoms with Crippen molar-refractivity contribution < 1.29 is 9.47 Å². The van der Waals surface area contributed by atoms with Gasteiger partial charge in [0, 0.05) is 6.54 Å². The zero-order valence-electron chi connectivity index (χ0n) is 13.2. The van der Waals surface area contributed by atoms with Gasteiger partial charge in [-0.2, -0.15) is 0 Å². The summed E-state index contributed by atoms with van der Waals surface area (Å²) < 4.78 is 10.8. The minimum atomic E-state index is 0. The van der Waals surface area contributed by atoms with Gasteiger partial charge in [0.05, 0.1) is 20.3 Å². The van der Waals surface area contributed by atoms with Crippen LogP contribution in [-0.4, -0.2) is 26.2 Å². The lowest BCUT2D eigenvalue weighted by molar-refractivity contribution is 0.310. The van der Waals surface area contributed by atoms with Crippen molar-refractivity contribution in [3.63, 3.8) is 0 Å². The van der Waals surface area contributed by atoms with E-state index < -0.39 is 0 Å². The molecule has 1 aromatic carbocycles. The molecule has 0 aliphatic heterocycles. The van der Waals surface area contributed by atoms with Gasteiger partial charge in [-0.25, -0.2) is 4.99 Å². The fraction of sp³-hybridized carbons (Fsp3) is 0.533. The quantitative estimate of drug-likeness (QED) is 0.415. The maximum absolute atomic E-state index is 5.81. The zero-order valence-corrected chi connectivity index (χ0v) is 15.5. The maximum Gasteiger partial charge on any atom is 0.188 e. The molecule has 0 saturated heterocycles. The van der Waals surface area contributed by atoms with Crippen LogP contribution in [0.5, 0.6) is 11.5 Å². The highest BCUT2D eigenvalue weighted by Crippen LogP contribution is 2.28. The lowest BCUT2D eigenvalue weighted by Gasteiger charge is -2.11. The van der Waals surface area contributed by atoms with Crippen LogP contribution in [0.3, 0.4) is 0 Å². The highest BCUT2D eigenvalue weighted by atomic mass is 127. The molecule has 5 nitrogen and oxygen atoms in total. The second kappa shape index (κ2) is 10.5. The van der Waals surface area contributed by atoms with Crippen LogP contribution in [0.4, 0.5) is 0 Å². The third kappa shape index (κ3) is 7.40. The molecule has 0 radical (unpaired) electrons. The Balaban J connectivity index is 0.00000400. The van der Waals surface area contributed by atoms with Crippen LogP contribution in [0, 0.1) is 5.92 Å². The number of aliphatic imine (C=N–C) groups is 1. The molecule has 0 atom stereocenters. The van der Waals surface area contributed by atoms with Gasteiger partial charge in [0.1, 0.15) is 0 Å².